The van der Waals surface area contributed by atoms with Crippen LogP contribution in [0.25, 0.3) is 0 Å². The van der Waals surface area contributed by atoms with Gasteiger partial charge in [0.1, 0.15) is 11.6 Å². The van der Waals surface area contributed by atoms with Crippen molar-refractivity contribution in [1.29, 1.82) is 0 Å². The monoisotopic (exact) mass is 562 g/mol. The van der Waals surface area contributed by atoms with Gasteiger partial charge in [0.15, 0.2) is 17.2 Å². The van der Waals surface area contributed by atoms with E-state index in [2.05, 4.69) is 20.1 Å². The maximum atomic E-state index is 14.0. The summed E-state index contributed by atoms with van der Waals surface area (Å²) in [6.07, 6.45) is -9.30. The van der Waals surface area contributed by atoms with E-state index in [1.165, 1.54) is 0 Å². The molecule has 0 spiro atoms. The van der Waals surface area contributed by atoms with Crippen LogP contribution in [-0.2, 0) is 11.9 Å². The zero-order valence-electron chi connectivity index (χ0n) is 18.1. The number of aliphatic hydroxyl groups is 1. The third-order valence-electron chi connectivity index (χ3n) is 5.63. The first-order valence-corrected chi connectivity index (χ1v) is 10.6. The number of ether oxygens (including phenoxy) is 2. The SMILES string of the molecule is O=C(Nc1cc2c(c3c1C(O)(c1cc(F)ccc1Cl)NC3=O)OC(F)(F)O2)c1cc(F)cc(C(F)(F)F)c1. The standard InChI is InChI=1S/C23H10ClF7N2O5/c24-13-2-1-10(25)6-12(13)21(36)17-14(7-15-18(16(17)20(35)33-21)38-23(30,31)37-15)32-19(34)8-3-9(22(27,28)29)5-11(26)4-8/h1-7,36H,(H,32,34)(H,33,35). The van der Waals surface area contributed by atoms with Gasteiger partial charge in [-0.25, -0.2) is 8.78 Å². The number of amides is 2. The van der Waals surface area contributed by atoms with Crippen molar-refractivity contribution in [3.63, 3.8) is 0 Å². The Labute approximate surface area is 211 Å². The summed E-state index contributed by atoms with van der Waals surface area (Å²) < 4.78 is 104. The van der Waals surface area contributed by atoms with Gasteiger partial charge in [0.05, 0.1) is 16.8 Å². The molecule has 198 valence electrons. The number of halogens is 8. The topological polar surface area (TPSA) is 96.9 Å². The van der Waals surface area contributed by atoms with Crippen LogP contribution in [0, 0.1) is 11.6 Å². The molecule has 2 aliphatic heterocycles. The number of carbonyl (C=O) groups is 2. The highest BCUT2D eigenvalue weighted by Gasteiger charge is 2.54. The zero-order chi connectivity index (χ0) is 27.8. The van der Waals surface area contributed by atoms with Crippen LogP contribution in [0.4, 0.5) is 36.4 Å². The van der Waals surface area contributed by atoms with Gasteiger partial charge in [0.25, 0.3) is 11.8 Å². The van der Waals surface area contributed by atoms with Gasteiger partial charge in [-0.1, -0.05) is 11.6 Å². The van der Waals surface area contributed by atoms with Crippen LogP contribution in [0.5, 0.6) is 11.5 Å². The fraction of sp³-hybridized carbons (Fsp3) is 0.130. The van der Waals surface area contributed by atoms with Gasteiger partial charge in [-0.3, -0.25) is 9.59 Å². The van der Waals surface area contributed by atoms with Crippen LogP contribution in [0.3, 0.4) is 0 Å². The molecule has 38 heavy (non-hydrogen) atoms. The molecule has 0 fully saturated rings. The Bertz CT molecular complexity index is 1550. The number of hydrogen-bond acceptors (Lipinski definition) is 5. The van der Waals surface area contributed by atoms with E-state index in [0.29, 0.717) is 24.3 Å². The molecular weight excluding hydrogens is 553 g/mol. The maximum absolute atomic E-state index is 14.0. The van der Waals surface area contributed by atoms with E-state index >= 15 is 0 Å². The van der Waals surface area contributed by atoms with Gasteiger partial charge >= 0.3 is 12.5 Å². The molecule has 0 saturated heterocycles. The van der Waals surface area contributed by atoms with Crippen molar-refractivity contribution in [3.8, 4) is 11.5 Å². The van der Waals surface area contributed by atoms with E-state index in [0.717, 1.165) is 12.1 Å². The Morgan fingerprint density at radius 3 is 2.42 bits per heavy atom. The van der Waals surface area contributed by atoms with E-state index in [1.807, 2.05) is 0 Å². The largest absolute Gasteiger partial charge is 0.586 e. The molecule has 5 rings (SSSR count). The minimum atomic E-state index is -5.02. The lowest BCUT2D eigenvalue weighted by Crippen LogP contribution is -2.41. The maximum Gasteiger partial charge on any atom is 0.586 e. The van der Waals surface area contributed by atoms with Crippen LogP contribution in [0.15, 0.2) is 42.5 Å². The molecule has 0 bridgehead atoms. The summed E-state index contributed by atoms with van der Waals surface area (Å²) in [5.74, 6) is -6.62. The van der Waals surface area contributed by atoms with E-state index in [-0.39, 0.29) is 11.1 Å². The average molecular weight is 563 g/mol. The van der Waals surface area contributed by atoms with Crippen molar-refractivity contribution < 1.29 is 54.9 Å². The Hall–Kier alpha value is -4.04. The van der Waals surface area contributed by atoms with E-state index < -0.39 is 86.6 Å². The van der Waals surface area contributed by atoms with Gasteiger partial charge in [0, 0.05) is 27.8 Å². The van der Waals surface area contributed by atoms with Gasteiger partial charge in [-0.05, 0) is 36.4 Å². The highest BCUT2D eigenvalue weighted by molar-refractivity contribution is 6.31. The third kappa shape index (κ3) is 4.15. The fourth-order valence-electron chi connectivity index (χ4n) is 4.12. The van der Waals surface area contributed by atoms with Crippen molar-refractivity contribution >= 4 is 29.1 Å². The zero-order valence-corrected chi connectivity index (χ0v) is 18.9. The van der Waals surface area contributed by atoms with Crippen LogP contribution in [-0.4, -0.2) is 23.2 Å². The number of carbonyl (C=O) groups excluding carboxylic acids is 2. The number of hydrogen-bond donors (Lipinski definition) is 3. The summed E-state index contributed by atoms with van der Waals surface area (Å²) >= 11 is 6.08. The molecule has 2 amide bonds. The summed E-state index contributed by atoms with van der Waals surface area (Å²) in [5.41, 5.74) is -7.69. The number of rotatable bonds is 3. The average Bonchev–Trinajstić information content (AvgIpc) is 3.26. The summed E-state index contributed by atoms with van der Waals surface area (Å²) in [6.45, 7) is 0. The quantitative estimate of drug-likeness (QED) is 0.384. The van der Waals surface area contributed by atoms with E-state index in [9.17, 15) is 45.4 Å². The van der Waals surface area contributed by atoms with Crippen molar-refractivity contribution in [1.82, 2.24) is 5.32 Å². The van der Waals surface area contributed by atoms with Crippen LogP contribution >= 0.6 is 11.6 Å². The molecule has 2 heterocycles. The van der Waals surface area contributed by atoms with Gasteiger partial charge in [0.2, 0.25) is 0 Å². The molecule has 7 nitrogen and oxygen atoms in total. The first kappa shape index (κ1) is 25.6. The predicted molar refractivity (Wildman–Crippen MR) is 114 cm³/mol. The summed E-state index contributed by atoms with van der Waals surface area (Å²) in [6, 6.07) is 4.26. The third-order valence-corrected chi connectivity index (χ3v) is 5.96. The second-order valence-electron chi connectivity index (χ2n) is 8.14. The Kier molecular flexibility index (Phi) is 5.54. The van der Waals surface area contributed by atoms with Crippen LogP contribution in [0.2, 0.25) is 5.02 Å². The van der Waals surface area contributed by atoms with Crippen LogP contribution in [0.1, 0.15) is 37.4 Å². The number of fused-ring (bicyclic) bond motifs is 3. The molecule has 0 aromatic heterocycles. The predicted octanol–water partition coefficient (Wildman–Crippen LogP) is 5.15. The molecule has 0 saturated carbocycles. The minimum Gasteiger partial charge on any atom is -0.395 e. The molecule has 3 aromatic rings. The normalized spacial score (nSPS) is 19.2. The summed E-state index contributed by atoms with van der Waals surface area (Å²) in [4.78, 5) is 25.7. The number of nitrogens with one attached hydrogen (secondary N) is 2. The minimum absolute atomic E-state index is 0.143. The fourth-order valence-corrected chi connectivity index (χ4v) is 4.38. The molecule has 2 aliphatic rings. The highest BCUT2D eigenvalue weighted by Crippen LogP contribution is 2.53. The first-order chi connectivity index (χ1) is 17.6. The van der Waals surface area contributed by atoms with Crippen molar-refractivity contribution in [2.24, 2.45) is 0 Å². The number of benzene rings is 3. The second kappa shape index (κ2) is 8.23. The molecular formula is C23H10ClF7N2O5. The lowest BCUT2D eigenvalue weighted by molar-refractivity contribution is -0.286. The van der Waals surface area contributed by atoms with E-state index in [1.54, 1.807) is 0 Å². The molecule has 3 N–H and O–H groups in total. The molecule has 3 aromatic carbocycles. The van der Waals surface area contributed by atoms with Gasteiger partial charge < -0.3 is 25.2 Å². The number of anilines is 1. The lowest BCUT2D eigenvalue weighted by Gasteiger charge is -2.27. The lowest BCUT2D eigenvalue weighted by atomic mass is 9.91. The van der Waals surface area contributed by atoms with Gasteiger partial charge in [-0.15, -0.1) is 8.78 Å². The first-order valence-electron chi connectivity index (χ1n) is 10.3. The molecule has 15 heteroatoms. The second-order valence-corrected chi connectivity index (χ2v) is 8.55. The van der Waals surface area contributed by atoms with Crippen molar-refractivity contribution in [2.45, 2.75) is 18.2 Å². The highest BCUT2D eigenvalue weighted by atomic mass is 35.5. The molecule has 0 radical (unpaired) electrons. The summed E-state index contributed by atoms with van der Waals surface area (Å²) in [5, 5.41) is 15.3. The Morgan fingerprint density at radius 1 is 1.03 bits per heavy atom. The Balaban J connectivity index is 1.70. The van der Waals surface area contributed by atoms with Gasteiger partial charge in [-0.2, -0.15) is 13.2 Å². The summed E-state index contributed by atoms with van der Waals surface area (Å²) in [7, 11) is 0. The van der Waals surface area contributed by atoms with Crippen LogP contribution < -0.4 is 20.1 Å². The van der Waals surface area contributed by atoms with Crippen molar-refractivity contribution in [2.75, 3.05) is 5.32 Å². The van der Waals surface area contributed by atoms with Crippen molar-refractivity contribution in [3.05, 3.63) is 86.9 Å². The molecule has 1 atom stereocenters. The van der Waals surface area contributed by atoms with E-state index in [4.69, 9.17) is 11.6 Å². The molecule has 1 unspecified atom stereocenters. The number of alkyl halides is 5. The Morgan fingerprint density at radius 2 is 1.74 bits per heavy atom. The smallest absolute Gasteiger partial charge is 0.395 e. The molecule has 0 aliphatic carbocycles.